The van der Waals surface area contributed by atoms with Crippen molar-refractivity contribution < 1.29 is 9.90 Å². The van der Waals surface area contributed by atoms with Crippen molar-refractivity contribution in [1.82, 2.24) is 15.0 Å². The molecule has 2 aromatic heterocycles. The van der Waals surface area contributed by atoms with E-state index in [1.54, 1.807) is 20.0 Å². The molecule has 0 amide bonds. The van der Waals surface area contributed by atoms with E-state index in [0.29, 0.717) is 22.9 Å². The van der Waals surface area contributed by atoms with Crippen LogP contribution in [-0.2, 0) is 0 Å². The van der Waals surface area contributed by atoms with Gasteiger partial charge in [0.25, 0.3) is 0 Å². The van der Waals surface area contributed by atoms with Crippen LogP contribution in [0, 0.1) is 13.8 Å². The summed E-state index contributed by atoms with van der Waals surface area (Å²) in [5.74, 6) is -0.622. The van der Waals surface area contributed by atoms with E-state index in [1.807, 2.05) is 6.07 Å². The van der Waals surface area contributed by atoms with Crippen LogP contribution in [0.3, 0.4) is 0 Å². The van der Waals surface area contributed by atoms with Crippen molar-refractivity contribution in [2.24, 2.45) is 0 Å². The van der Waals surface area contributed by atoms with Crippen LogP contribution in [0.1, 0.15) is 21.7 Å². The maximum atomic E-state index is 11.1. The van der Waals surface area contributed by atoms with Crippen molar-refractivity contribution in [2.75, 3.05) is 0 Å². The summed E-state index contributed by atoms with van der Waals surface area (Å²) in [6, 6.07) is 1.83. The van der Waals surface area contributed by atoms with Crippen LogP contribution in [0.5, 0.6) is 0 Å². The van der Waals surface area contributed by atoms with E-state index in [9.17, 15) is 4.79 Å². The lowest BCUT2D eigenvalue weighted by Gasteiger charge is -2.08. The van der Waals surface area contributed by atoms with Gasteiger partial charge in [-0.05, 0) is 51.8 Å². The predicted octanol–water partition coefficient (Wildman–Crippen LogP) is 3.38. The van der Waals surface area contributed by atoms with Crippen LogP contribution >= 0.6 is 31.9 Å². The number of carboxylic acids is 1. The van der Waals surface area contributed by atoms with Crippen LogP contribution in [0.25, 0.3) is 11.5 Å². The average Bonchev–Trinajstić information content (AvgIpc) is 2.26. The van der Waals surface area contributed by atoms with Gasteiger partial charge >= 0.3 is 5.97 Å². The van der Waals surface area contributed by atoms with Gasteiger partial charge in [-0.3, -0.25) is 4.98 Å². The van der Waals surface area contributed by atoms with E-state index in [-0.39, 0.29) is 5.56 Å². The molecule has 0 spiro atoms. The largest absolute Gasteiger partial charge is 0.478 e. The Labute approximate surface area is 126 Å². The highest BCUT2D eigenvalue weighted by atomic mass is 79.9. The van der Waals surface area contributed by atoms with Crippen LogP contribution in [0.4, 0.5) is 0 Å². The number of carbonyl (C=O) groups is 1. The molecule has 2 heterocycles. The summed E-state index contributed by atoms with van der Waals surface area (Å²) >= 11 is 6.71. The third-order valence-electron chi connectivity index (χ3n) is 2.50. The number of halogens is 2. The fourth-order valence-electron chi connectivity index (χ4n) is 1.71. The van der Waals surface area contributed by atoms with E-state index in [4.69, 9.17) is 5.11 Å². The lowest BCUT2D eigenvalue weighted by atomic mass is 10.1. The normalized spacial score (nSPS) is 10.5. The molecule has 0 bridgehead atoms. The Morgan fingerprint density at radius 1 is 1.21 bits per heavy atom. The van der Waals surface area contributed by atoms with E-state index in [0.717, 1.165) is 8.95 Å². The van der Waals surface area contributed by atoms with Gasteiger partial charge in [0, 0.05) is 15.1 Å². The first kappa shape index (κ1) is 14.1. The van der Waals surface area contributed by atoms with E-state index >= 15 is 0 Å². The summed E-state index contributed by atoms with van der Waals surface area (Å²) in [5, 5.41) is 9.09. The number of aryl methyl sites for hydroxylation is 2. The highest BCUT2D eigenvalue weighted by Gasteiger charge is 2.17. The Morgan fingerprint density at radius 3 is 2.26 bits per heavy atom. The first-order chi connectivity index (χ1) is 8.90. The molecule has 0 saturated carbocycles. The minimum Gasteiger partial charge on any atom is -0.478 e. The number of pyridine rings is 1. The maximum Gasteiger partial charge on any atom is 0.339 e. The number of aromatic nitrogens is 3. The zero-order valence-corrected chi connectivity index (χ0v) is 13.3. The zero-order valence-electron chi connectivity index (χ0n) is 10.1. The summed E-state index contributed by atoms with van der Waals surface area (Å²) in [7, 11) is 0. The molecule has 0 aliphatic carbocycles. The maximum absolute atomic E-state index is 11.1. The predicted molar refractivity (Wildman–Crippen MR) is 77.1 cm³/mol. The molecule has 98 valence electrons. The second-order valence-electron chi connectivity index (χ2n) is 3.88. The van der Waals surface area contributed by atoms with Gasteiger partial charge in [0.05, 0.1) is 11.4 Å². The molecule has 0 saturated heterocycles. The van der Waals surface area contributed by atoms with Gasteiger partial charge in [-0.2, -0.15) is 0 Å². The van der Waals surface area contributed by atoms with Crippen LogP contribution in [0.15, 0.2) is 21.2 Å². The molecule has 0 unspecified atom stereocenters. The van der Waals surface area contributed by atoms with Crippen LogP contribution in [0.2, 0.25) is 0 Å². The molecule has 0 fully saturated rings. The monoisotopic (exact) mass is 385 g/mol. The smallest absolute Gasteiger partial charge is 0.339 e. The van der Waals surface area contributed by atoms with Gasteiger partial charge < -0.3 is 5.11 Å². The van der Waals surface area contributed by atoms with Crippen molar-refractivity contribution >= 4 is 37.8 Å². The number of hydrogen-bond acceptors (Lipinski definition) is 4. The second kappa shape index (κ2) is 5.34. The van der Waals surface area contributed by atoms with Crippen molar-refractivity contribution in [1.29, 1.82) is 0 Å². The fourth-order valence-corrected chi connectivity index (χ4v) is 2.88. The molecule has 2 aromatic rings. The average molecular weight is 387 g/mol. The summed E-state index contributed by atoms with van der Waals surface area (Å²) in [5.41, 5.74) is 1.56. The van der Waals surface area contributed by atoms with Crippen molar-refractivity contribution in [2.45, 2.75) is 13.8 Å². The molecule has 5 nitrogen and oxygen atoms in total. The number of carboxylic acid groups (broad SMARTS) is 1. The van der Waals surface area contributed by atoms with Crippen molar-refractivity contribution in [3.63, 3.8) is 0 Å². The third kappa shape index (κ3) is 2.82. The Balaban J connectivity index is 2.61. The van der Waals surface area contributed by atoms with Gasteiger partial charge in [-0.25, -0.2) is 14.8 Å². The SMILES string of the molecule is Cc1nc(-c2ncc(Br)cc2Br)nc(C)c1C(=O)O. The first-order valence-electron chi connectivity index (χ1n) is 5.30. The Hall–Kier alpha value is -1.34. The number of rotatable bonds is 2. The molecule has 0 aliphatic heterocycles. The molecule has 19 heavy (non-hydrogen) atoms. The Morgan fingerprint density at radius 2 is 1.79 bits per heavy atom. The molecular formula is C12H9Br2N3O2. The molecule has 7 heteroatoms. The minimum absolute atomic E-state index is 0.136. The van der Waals surface area contributed by atoms with E-state index < -0.39 is 5.97 Å². The lowest BCUT2D eigenvalue weighted by Crippen LogP contribution is -2.09. The number of aromatic carboxylic acids is 1. The van der Waals surface area contributed by atoms with E-state index in [1.165, 1.54) is 0 Å². The highest BCUT2D eigenvalue weighted by molar-refractivity contribution is 9.11. The van der Waals surface area contributed by atoms with Crippen LogP contribution < -0.4 is 0 Å². The lowest BCUT2D eigenvalue weighted by molar-refractivity contribution is 0.0694. The van der Waals surface area contributed by atoms with Crippen molar-refractivity contribution in [3.05, 3.63) is 38.2 Å². The molecule has 2 rings (SSSR count). The van der Waals surface area contributed by atoms with E-state index in [2.05, 4.69) is 46.8 Å². The summed E-state index contributed by atoms with van der Waals surface area (Å²) < 4.78 is 1.57. The number of hydrogen-bond donors (Lipinski definition) is 1. The Kier molecular flexibility index (Phi) is 3.96. The molecule has 0 radical (unpaired) electrons. The van der Waals surface area contributed by atoms with Gasteiger partial charge in [-0.15, -0.1) is 0 Å². The highest BCUT2D eigenvalue weighted by Crippen LogP contribution is 2.27. The second-order valence-corrected chi connectivity index (χ2v) is 5.65. The van der Waals surface area contributed by atoms with Gasteiger partial charge in [0.15, 0.2) is 5.82 Å². The quantitative estimate of drug-likeness (QED) is 0.856. The van der Waals surface area contributed by atoms with Crippen molar-refractivity contribution in [3.8, 4) is 11.5 Å². The van der Waals surface area contributed by atoms with Gasteiger partial charge in [-0.1, -0.05) is 0 Å². The van der Waals surface area contributed by atoms with Gasteiger partial charge in [0.1, 0.15) is 11.3 Å². The summed E-state index contributed by atoms with van der Waals surface area (Å²) in [4.78, 5) is 23.8. The number of nitrogens with zero attached hydrogens (tertiary/aromatic N) is 3. The summed E-state index contributed by atoms with van der Waals surface area (Å²) in [6.45, 7) is 3.29. The standard InChI is InChI=1S/C12H9Br2N3O2/c1-5-9(12(18)19)6(2)17-11(16-5)10-8(14)3-7(13)4-15-10/h3-4H,1-2H3,(H,18,19). The van der Waals surface area contributed by atoms with Gasteiger partial charge in [0.2, 0.25) is 0 Å². The zero-order chi connectivity index (χ0) is 14.2. The Bertz CT molecular complexity index is 651. The molecule has 0 aromatic carbocycles. The topological polar surface area (TPSA) is 76.0 Å². The molecule has 0 atom stereocenters. The first-order valence-corrected chi connectivity index (χ1v) is 6.88. The molecule has 0 aliphatic rings. The molecule has 1 N–H and O–H groups in total. The minimum atomic E-state index is -1.02. The summed E-state index contributed by atoms with van der Waals surface area (Å²) in [6.07, 6.45) is 1.64. The third-order valence-corrected chi connectivity index (χ3v) is 3.54. The fraction of sp³-hybridized carbons (Fsp3) is 0.167. The van der Waals surface area contributed by atoms with Crippen LogP contribution in [-0.4, -0.2) is 26.0 Å². The molecular weight excluding hydrogens is 378 g/mol.